The van der Waals surface area contributed by atoms with Crippen LogP contribution in [-0.4, -0.2) is 14.8 Å². The van der Waals surface area contributed by atoms with Crippen LogP contribution in [0.15, 0.2) is 52.5 Å². The molecule has 1 aromatic carbocycles. The average Bonchev–Trinajstić information content (AvgIpc) is 2.45. The molecular formula is C11H7N3O4S2. The average molecular weight is 309 g/mol. The summed E-state index contributed by atoms with van der Waals surface area (Å²) in [6.07, 6.45) is 1.62. The topological polar surface area (TPSA) is 99.2 Å². The number of nitrogens with zero attached hydrogens (tertiary/aromatic N) is 3. The molecule has 102 valence electrons. The van der Waals surface area contributed by atoms with Gasteiger partial charge in [-0.3, -0.25) is 20.2 Å². The number of hydrogen-bond acceptors (Lipinski definition) is 7. The number of nitro groups is 2. The van der Waals surface area contributed by atoms with Crippen molar-refractivity contribution in [2.24, 2.45) is 0 Å². The van der Waals surface area contributed by atoms with E-state index in [1.54, 1.807) is 24.4 Å². The molecule has 2 rings (SSSR count). The van der Waals surface area contributed by atoms with Crippen LogP contribution in [0, 0.1) is 20.2 Å². The van der Waals surface area contributed by atoms with Gasteiger partial charge in [0, 0.05) is 12.3 Å². The highest BCUT2D eigenvalue weighted by Crippen LogP contribution is 2.41. The fraction of sp³-hybridized carbons (Fsp3) is 0. The van der Waals surface area contributed by atoms with Crippen LogP contribution in [0.2, 0.25) is 0 Å². The molecule has 0 saturated heterocycles. The molecule has 0 unspecified atom stereocenters. The SMILES string of the molecule is O=[N+]([O-])c1ccc(SSc2ccccn2)c([N+](=O)[O-])c1. The lowest BCUT2D eigenvalue weighted by Crippen LogP contribution is -1.94. The van der Waals surface area contributed by atoms with Crippen molar-refractivity contribution in [2.45, 2.75) is 9.92 Å². The molecule has 7 nitrogen and oxygen atoms in total. The van der Waals surface area contributed by atoms with Crippen molar-refractivity contribution in [2.75, 3.05) is 0 Å². The molecule has 0 aliphatic rings. The Balaban J connectivity index is 2.23. The lowest BCUT2D eigenvalue weighted by atomic mass is 10.3. The second kappa shape index (κ2) is 6.35. The molecule has 9 heteroatoms. The van der Waals surface area contributed by atoms with Crippen molar-refractivity contribution < 1.29 is 9.85 Å². The van der Waals surface area contributed by atoms with E-state index in [0.717, 1.165) is 16.9 Å². The molecule has 0 aliphatic carbocycles. The van der Waals surface area contributed by atoms with Crippen LogP contribution in [0.4, 0.5) is 11.4 Å². The summed E-state index contributed by atoms with van der Waals surface area (Å²) in [5.74, 6) is 0. The highest BCUT2D eigenvalue weighted by atomic mass is 33.1. The van der Waals surface area contributed by atoms with E-state index in [2.05, 4.69) is 4.98 Å². The number of rotatable bonds is 5. The second-order valence-corrected chi connectivity index (χ2v) is 5.69. The fourth-order valence-corrected chi connectivity index (χ4v) is 3.32. The summed E-state index contributed by atoms with van der Waals surface area (Å²) in [6, 6.07) is 8.92. The molecule has 0 radical (unpaired) electrons. The quantitative estimate of drug-likeness (QED) is 0.471. The third-order valence-corrected chi connectivity index (χ3v) is 4.53. The molecule has 20 heavy (non-hydrogen) atoms. The second-order valence-electron chi connectivity index (χ2n) is 3.50. The Bertz CT molecular complexity index is 651. The van der Waals surface area contributed by atoms with Gasteiger partial charge in [-0.25, -0.2) is 4.98 Å². The summed E-state index contributed by atoms with van der Waals surface area (Å²) >= 11 is 0. The summed E-state index contributed by atoms with van der Waals surface area (Å²) in [5, 5.41) is 22.3. The van der Waals surface area contributed by atoms with Crippen molar-refractivity contribution in [1.82, 2.24) is 4.98 Å². The highest BCUT2D eigenvalue weighted by molar-refractivity contribution is 8.76. The van der Waals surface area contributed by atoms with Gasteiger partial charge in [0.25, 0.3) is 11.4 Å². The Kier molecular flexibility index (Phi) is 4.53. The summed E-state index contributed by atoms with van der Waals surface area (Å²) in [5.41, 5.74) is -0.587. The van der Waals surface area contributed by atoms with Gasteiger partial charge in [0.1, 0.15) is 5.03 Å². The lowest BCUT2D eigenvalue weighted by molar-refractivity contribution is -0.396. The van der Waals surface area contributed by atoms with Crippen molar-refractivity contribution >= 4 is 33.0 Å². The number of benzene rings is 1. The van der Waals surface area contributed by atoms with Crippen LogP contribution in [0.3, 0.4) is 0 Å². The van der Waals surface area contributed by atoms with Gasteiger partial charge in [-0.1, -0.05) is 6.07 Å². The number of non-ortho nitro benzene ring substituents is 1. The minimum atomic E-state index is -0.659. The van der Waals surface area contributed by atoms with Gasteiger partial charge in [-0.05, 0) is 39.8 Å². The zero-order valence-corrected chi connectivity index (χ0v) is 11.5. The van der Waals surface area contributed by atoms with E-state index in [1.165, 1.54) is 22.9 Å². The Morgan fingerprint density at radius 2 is 1.80 bits per heavy atom. The third-order valence-electron chi connectivity index (χ3n) is 2.20. The largest absolute Gasteiger partial charge is 0.290 e. The zero-order chi connectivity index (χ0) is 14.5. The molecule has 0 bridgehead atoms. The molecule has 0 atom stereocenters. The monoisotopic (exact) mass is 309 g/mol. The van der Waals surface area contributed by atoms with Gasteiger partial charge >= 0.3 is 0 Å². The normalized spacial score (nSPS) is 10.2. The van der Waals surface area contributed by atoms with E-state index in [-0.39, 0.29) is 11.4 Å². The van der Waals surface area contributed by atoms with E-state index in [0.29, 0.717) is 9.92 Å². The maximum absolute atomic E-state index is 11.0. The van der Waals surface area contributed by atoms with Crippen molar-refractivity contribution in [3.63, 3.8) is 0 Å². The van der Waals surface area contributed by atoms with E-state index < -0.39 is 9.85 Å². The van der Waals surface area contributed by atoms with E-state index >= 15 is 0 Å². The molecule has 1 aromatic heterocycles. The summed E-state index contributed by atoms with van der Waals surface area (Å²) in [4.78, 5) is 24.7. The Morgan fingerprint density at radius 1 is 1.00 bits per heavy atom. The van der Waals surface area contributed by atoms with E-state index in [9.17, 15) is 20.2 Å². The molecule has 0 aliphatic heterocycles. The molecule has 1 heterocycles. The molecule has 2 aromatic rings. The number of aromatic nitrogens is 1. The summed E-state index contributed by atoms with van der Waals surface area (Å²) in [7, 11) is 2.39. The Morgan fingerprint density at radius 3 is 2.40 bits per heavy atom. The number of nitro benzene ring substituents is 2. The molecule has 0 amide bonds. The van der Waals surface area contributed by atoms with Crippen molar-refractivity contribution in [1.29, 1.82) is 0 Å². The van der Waals surface area contributed by atoms with Crippen LogP contribution < -0.4 is 0 Å². The van der Waals surface area contributed by atoms with Crippen LogP contribution in [-0.2, 0) is 0 Å². The minimum Gasteiger partial charge on any atom is -0.258 e. The maximum Gasteiger partial charge on any atom is 0.290 e. The molecule has 0 N–H and O–H groups in total. The molecule has 0 saturated carbocycles. The van der Waals surface area contributed by atoms with Crippen LogP contribution >= 0.6 is 21.6 Å². The van der Waals surface area contributed by atoms with Crippen molar-refractivity contribution in [3.05, 3.63) is 62.8 Å². The smallest absolute Gasteiger partial charge is 0.258 e. The first kappa shape index (κ1) is 14.3. The molecular weight excluding hydrogens is 302 g/mol. The molecule has 0 spiro atoms. The van der Waals surface area contributed by atoms with E-state index in [4.69, 9.17) is 0 Å². The highest BCUT2D eigenvalue weighted by Gasteiger charge is 2.20. The van der Waals surface area contributed by atoms with Gasteiger partial charge in [-0.2, -0.15) is 0 Å². The van der Waals surface area contributed by atoms with Gasteiger partial charge in [0.15, 0.2) is 0 Å². The minimum absolute atomic E-state index is 0.285. The maximum atomic E-state index is 11.0. The number of hydrogen-bond donors (Lipinski definition) is 0. The first-order chi connectivity index (χ1) is 9.58. The van der Waals surface area contributed by atoms with Gasteiger partial charge < -0.3 is 0 Å². The summed E-state index contributed by atoms with van der Waals surface area (Å²) in [6.45, 7) is 0. The Labute approximate surface area is 121 Å². The lowest BCUT2D eigenvalue weighted by Gasteiger charge is -2.02. The van der Waals surface area contributed by atoms with E-state index in [1.807, 2.05) is 0 Å². The first-order valence-electron chi connectivity index (χ1n) is 5.26. The summed E-state index contributed by atoms with van der Waals surface area (Å²) < 4.78 is 0. The zero-order valence-electron chi connectivity index (χ0n) is 9.83. The van der Waals surface area contributed by atoms with Gasteiger partial charge in [-0.15, -0.1) is 0 Å². The first-order valence-corrected chi connectivity index (χ1v) is 7.41. The van der Waals surface area contributed by atoms with Crippen LogP contribution in [0.5, 0.6) is 0 Å². The molecule has 0 fully saturated rings. The standard InChI is InChI=1S/C11H7N3O4S2/c15-13(16)8-4-5-10(9(7-8)14(17)18)19-20-11-3-1-2-6-12-11/h1-7H. The van der Waals surface area contributed by atoms with Crippen LogP contribution in [0.25, 0.3) is 0 Å². The predicted molar refractivity (Wildman–Crippen MR) is 75.7 cm³/mol. The third kappa shape index (κ3) is 3.45. The predicted octanol–water partition coefficient (Wildman–Crippen LogP) is 3.70. The Hall–Kier alpha value is -2.13. The number of pyridine rings is 1. The van der Waals surface area contributed by atoms with Crippen LogP contribution in [0.1, 0.15) is 0 Å². The van der Waals surface area contributed by atoms with Gasteiger partial charge in [0.05, 0.1) is 20.8 Å². The van der Waals surface area contributed by atoms with Gasteiger partial charge in [0.2, 0.25) is 0 Å². The fourth-order valence-electron chi connectivity index (χ4n) is 1.32. The van der Waals surface area contributed by atoms with Crippen molar-refractivity contribution in [3.8, 4) is 0 Å².